The molecule has 8 heteroatoms. The topological polar surface area (TPSA) is 90.8 Å². The van der Waals surface area contributed by atoms with Crippen molar-refractivity contribution in [2.24, 2.45) is 11.8 Å². The molecule has 1 amide bonds. The van der Waals surface area contributed by atoms with Crippen LogP contribution in [0.1, 0.15) is 90.1 Å². The summed E-state index contributed by atoms with van der Waals surface area (Å²) >= 11 is 0. The highest BCUT2D eigenvalue weighted by Gasteiger charge is 2.29. The second kappa shape index (κ2) is 13.5. The van der Waals surface area contributed by atoms with E-state index >= 15 is 0 Å². The third kappa shape index (κ3) is 8.36. The normalized spacial score (nSPS) is 27.3. The van der Waals surface area contributed by atoms with Crippen LogP contribution in [-0.2, 0) is 21.4 Å². The van der Waals surface area contributed by atoms with Gasteiger partial charge >= 0.3 is 0 Å². The van der Waals surface area contributed by atoms with Crippen molar-refractivity contribution in [3.05, 3.63) is 17.6 Å². The van der Waals surface area contributed by atoms with Crippen LogP contribution in [0.4, 0.5) is 5.82 Å². The Bertz CT molecular complexity index is 880. The van der Waals surface area contributed by atoms with E-state index in [1.807, 2.05) is 0 Å². The number of ether oxygens (including phenoxy) is 1. The van der Waals surface area contributed by atoms with Gasteiger partial charge in [0.05, 0.1) is 12.7 Å². The lowest BCUT2D eigenvalue weighted by Crippen LogP contribution is -2.47. The molecule has 0 radical (unpaired) electrons. The van der Waals surface area contributed by atoms with Gasteiger partial charge in [-0.25, -0.2) is 9.97 Å². The number of rotatable bonds is 9. The van der Waals surface area contributed by atoms with E-state index in [-0.39, 0.29) is 23.3 Å². The summed E-state index contributed by atoms with van der Waals surface area (Å²) in [5, 5.41) is 13.0. The minimum absolute atomic E-state index is 0.0824. The summed E-state index contributed by atoms with van der Waals surface area (Å²) in [5.41, 5.74) is 0.981. The van der Waals surface area contributed by atoms with E-state index in [4.69, 9.17) is 14.7 Å². The Balaban J connectivity index is 1.18. The Hall–Kier alpha value is -1.77. The van der Waals surface area contributed by atoms with Crippen molar-refractivity contribution in [2.75, 3.05) is 51.3 Å². The average Bonchev–Trinajstić information content (AvgIpc) is 2.91. The summed E-state index contributed by atoms with van der Waals surface area (Å²) in [6.07, 6.45) is 9.71. The number of aliphatic hydroxyl groups excluding tert-OH is 1. The molecule has 3 aliphatic rings. The number of nitrogens with one attached hydrogen (secondary N) is 1. The third-order valence-corrected chi connectivity index (χ3v) is 8.81. The maximum atomic E-state index is 12.6. The molecule has 2 saturated carbocycles. The standard InChI is InChI=1S/C30H51N5O3/c1-30(2,3)29-32-25(14-20-38-4)21-27(33-29)35-18-16-34(17-19-35)15-13-22-5-9-24(10-6-22)31-28(37)23-7-11-26(36)12-8-23/h21-24,26,36H,5-20H2,1-4H3,(H,31,37)/t22-,23-,24-,26-. The molecule has 2 aliphatic carbocycles. The van der Waals surface area contributed by atoms with E-state index in [1.165, 1.54) is 19.3 Å². The predicted molar refractivity (Wildman–Crippen MR) is 151 cm³/mol. The van der Waals surface area contributed by atoms with Crippen LogP contribution in [0, 0.1) is 11.8 Å². The van der Waals surface area contributed by atoms with Gasteiger partial charge in [0, 0.05) is 68.8 Å². The van der Waals surface area contributed by atoms with Crippen LogP contribution < -0.4 is 10.2 Å². The highest BCUT2D eigenvalue weighted by molar-refractivity contribution is 5.79. The van der Waals surface area contributed by atoms with Crippen molar-refractivity contribution in [1.29, 1.82) is 0 Å². The van der Waals surface area contributed by atoms with E-state index in [0.717, 1.165) is 101 Å². The van der Waals surface area contributed by atoms with Gasteiger partial charge in [-0.2, -0.15) is 0 Å². The molecule has 2 N–H and O–H groups in total. The fourth-order valence-corrected chi connectivity index (χ4v) is 6.13. The second-order valence-corrected chi connectivity index (χ2v) is 12.9. The molecule has 3 fully saturated rings. The average molecular weight is 530 g/mol. The zero-order chi connectivity index (χ0) is 27.1. The quantitative estimate of drug-likeness (QED) is 0.504. The number of hydrogen-bond acceptors (Lipinski definition) is 7. The molecule has 1 aliphatic heterocycles. The molecule has 1 aromatic rings. The van der Waals surface area contributed by atoms with Crippen LogP contribution in [0.2, 0.25) is 0 Å². The van der Waals surface area contributed by atoms with Gasteiger partial charge in [0.15, 0.2) is 0 Å². The van der Waals surface area contributed by atoms with E-state index in [9.17, 15) is 9.90 Å². The van der Waals surface area contributed by atoms with Gasteiger partial charge in [-0.3, -0.25) is 9.69 Å². The van der Waals surface area contributed by atoms with E-state index in [2.05, 4.69) is 42.0 Å². The smallest absolute Gasteiger partial charge is 0.223 e. The maximum Gasteiger partial charge on any atom is 0.223 e. The minimum Gasteiger partial charge on any atom is -0.393 e. The summed E-state index contributed by atoms with van der Waals surface area (Å²) in [6.45, 7) is 12.5. The number of aromatic nitrogens is 2. The predicted octanol–water partition coefficient (Wildman–Crippen LogP) is 3.70. The highest BCUT2D eigenvalue weighted by atomic mass is 16.5. The molecule has 0 aromatic carbocycles. The Morgan fingerprint density at radius 2 is 1.71 bits per heavy atom. The van der Waals surface area contributed by atoms with Crippen molar-refractivity contribution < 1.29 is 14.6 Å². The molecule has 38 heavy (non-hydrogen) atoms. The molecule has 1 saturated heterocycles. The molecule has 214 valence electrons. The van der Waals surface area contributed by atoms with Gasteiger partial charge in [0.2, 0.25) is 5.91 Å². The SMILES string of the molecule is COCCc1cc(N2CCN(CC[C@H]3CC[C@H](NC(=O)[C@H]4CC[C@H](O)CC4)CC3)CC2)nc(C(C)(C)C)n1. The lowest BCUT2D eigenvalue weighted by Gasteiger charge is -2.37. The molecule has 0 unspecified atom stereocenters. The Morgan fingerprint density at radius 3 is 2.34 bits per heavy atom. The van der Waals surface area contributed by atoms with Crippen LogP contribution >= 0.6 is 0 Å². The molecular formula is C30H51N5O3. The molecule has 2 heterocycles. The number of aliphatic hydroxyl groups is 1. The lowest BCUT2D eigenvalue weighted by atomic mass is 9.83. The largest absolute Gasteiger partial charge is 0.393 e. The number of carbonyl (C=O) groups is 1. The number of amides is 1. The Kier molecular flexibility index (Phi) is 10.4. The monoisotopic (exact) mass is 529 g/mol. The molecule has 0 bridgehead atoms. The van der Waals surface area contributed by atoms with Gasteiger partial charge in [-0.15, -0.1) is 0 Å². The first-order valence-corrected chi connectivity index (χ1v) is 15.0. The van der Waals surface area contributed by atoms with Crippen LogP contribution in [0.3, 0.4) is 0 Å². The van der Waals surface area contributed by atoms with Crippen molar-refractivity contribution in [1.82, 2.24) is 20.2 Å². The number of carbonyl (C=O) groups excluding carboxylic acids is 1. The van der Waals surface area contributed by atoms with Crippen LogP contribution in [-0.4, -0.2) is 84.5 Å². The van der Waals surface area contributed by atoms with Crippen LogP contribution in [0.15, 0.2) is 6.07 Å². The molecular weight excluding hydrogens is 478 g/mol. The molecule has 8 nitrogen and oxygen atoms in total. The number of hydrogen-bond donors (Lipinski definition) is 2. The van der Waals surface area contributed by atoms with E-state index in [0.29, 0.717) is 12.6 Å². The Morgan fingerprint density at radius 1 is 1.03 bits per heavy atom. The van der Waals surface area contributed by atoms with Gasteiger partial charge in [0.25, 0.3) is 0 Å². The zero-order valence-electron chi connectivity index (χ0n) is 24.3. The third-order valence-electron chi connectivity index (χ3n) is 8.81. The van der Waals surface area contributed by atoms with Crippen molar-refractivity contribution in [3.8, 4) is 0 Å². The number of anilines is 1. The van der Waals surface area contributed by atoms with Gasteiger partial charge < -0.3 is 20.1 Å². The maximum absolute atomic E-state index is 12.6. The fourth-order valence-electron chi connectivity index (χ4n) is 6.13. The second-order valence-electron chi connectivity index (χ2n) is 12.9. The number of piperazine rings is 1. The van der Waals surface area contributed by atoms with E-state index in [1.54, 1.807) is 7.11 Å². The number of methoxy groups -OCH3 is 1. The minimum atomic E-state index is -0.204. The molecule has 0 atom stereocenters. The van der Waals surface area contributed by atoms with Crippen molar-refractivity contribution >= 4 is 11.7 Å². The summed E-state index contributed by atoms with van der Waals surface area (Å²) in [4.78, 5) is 27.4. The van der Waals surface area contributed by atoms with Gasteiger partial charge in [-0.05, 0) is 70.3 Å². The van der Waals surface area contributed by atoms with Gasteiger partial charge in [0.1, 0.15) is 11.6 Å². The molecule has 1 aromatic heterocycles. The Labute approximate surface area is 229 Å². The first kappa shape index (κ1) is 29.2. The lowest BCUT2D eigenvalue weighted by molar-refractivity contribution is -0.127. The summed E-state index contributed by atoms with van der Waals surface area (Å²) in [7, 11) is 1.74. The van der Waals surface area contributed by atoms with Crippen molar-refractivity contribution in [3.63, 3.8) is 0 Å². The van der Waals surface area contributed by atoms with Gasteiger partial charge in [-0.1, -0.05) is 20.8 Å². The van der Waals surface area contributed by atoms with Crippen LogP contribution in [0.5, 0.6) is 0 Å². The van der Waals surface area contributed by atoms with Crippen molar-refractivity contribution in [2.45, 2.75) is 103 Å². The summed E-state index contributed by atoms with van der Waals surface area (Å²) in [5.74, 6) is 3.07. The summed E-state index contributed by atoms with van der Waals surface area (Å²) in [6, 6.07) is 2.49. The molecule has 0 spiro atoms. The van der Waals surface area contributed by atoms with Crippen LogP contribution in [0.25, 0.3) is 0 Å². The number of nitrogens with zero attached hydrogens (tertiary/aromatic N) is 4. The van der Waals surface area contributed by atoms with E-state index < -0.39 is 0 Å². The fraction of sp³-hybridized carbons (Fsp3) is 0.833. The molecule has 4 rings (SSSR count). The summed E-state index contributed by atoms with van der Waals surface area (Å²) < 4.78 is 5.29. The highest BCUT2D eigenvalue weighted by Crippen LogP contribution is 2.29. The first-order valence-electron chi connectivity index (χ1n) is 15.0. The first-order chi connectivity index (χ1) is 18.2. The zero-order valence-corrected chi connectivity index (χ0v) is 24.3.